The number of fused-ring (bicyclic) bond motifs is 9. The van der Waals surface area contributed by atoms with E-state index in [1.807, 2.05) is 0 Å². The molecule has 56 heavy (non-hydrogen) atoms. The number of nitrogens with zero attached hydrogens (tertiary/aromatic N) is 2. The summed E-state index contributed by atoms with van der Waals surface area (Å²) in [5.74, 6) is 0.727. The summed E-state index contributed by atoms with van der Waals surface area (Å²) in [5, 5.41) is 4.94. The van der Waals surface area contributed by atoms with Crippen molar-refractivity contribution < 1.29 is 0 Å². The molecule has 0 fully saturated rings. The fourth-order valence-corrected chi connectivity index (χ4v) is 9.85. The van der Waals surface area contributed by atoms with Gasteiger partial charge in [0.1, 0.15) is 0 Å². The number of rotatable bonds is 4. The molecule has 9 aromatic rings. The van der Waals surface area contributed by atoms with E-state index < -0.39 is 0 Å². The van der Waals surface area contributed by atoms with E-state index in [0.29, 0.717) is 0 Å². The van der Waals surface area contributed by atoms with Crippen LogP contribution >= 0.6 is 0 Å². The van der Waals surface area contributed by atoms with Gasteiger partial charge in [0.25, 0.3) is 0 Å². The van der Waals surface area contributed by atoms with Crippen LogP contribution in [0.5, 0.6) is 0 Å². The SMILES string of the molecule is CC1(C)c2ccccc2-c2c(-c3cc(-c4ccccc4)nc(-c4ccc(-c5ccc6c(c5)C(C)(C)c5ccc7ccccc7c5-6)c5ccccc45)n3)cccc21. The lowest BCUT2D eigenvalue weighted by atomic mass is 9.81. The molecule has 266 valence electrons. The molecule has 2 heteroatoms. The second kappa shape index (κ2) is 11.9. The molecule has 0 unspecified atom stereocenters. The highest BCUT2D eigenvalue weighted by molar-refractivity contribution is 6.06. The van der Waals surface area contributed by atoms with E-state index >= 15 is 0 Å². The third kappa shape index (κ3) is 4.69. The second-order valence-electron chi connectivity index (χ2n) is 16.5. The van der Waals surface area contributed by atoms with Crippen LogP contribution in [-0.4, -0.2) is 9.97 Å². The van der Waals surface area contributed by atoms with Crippen LogP contribution in [0.2, 0.25) is 0 Å². The maximum atomic E-state index is 5.45. The highest BCUT2D eigenvalue weighted by Gasteiger charge is 2.38. The van der Waals surface area contributed by atoms with Gasteiger partial charge in [-0.05, 0) is 95.4 Å². The summed E-state index contributed by atoms with van der Waals surface area (Å²) < 4.78 is 0. The molecule has 0 saturated carbocycles. The first-order chi connectivity index (χ1) is 27.3. The smallest absolute Gasteiger partial charge is 0.161 e. The Labute approximate surface area is 328 Å². The standard InChI is InChI=1S/C54H40N2/c1-53(2)44-23-13-12-21-41(44)51-43(22-14-24-45(51)53)49-32-48(34-16-6-5-7-17-34)55-52(56-49)40-29-28-36(38-19-10-11-20-39(38)40)35-25-27-42-47(31-35)54(3,4)46-30-26-33-15-8-9-18-37(33)50(42)46/h5-32H,1-4H3. The molecule has 11 rings (SSSR count). The molecule has 0 amide bonds. The van der Waals surface area contributed by atoms with Crippen molar-refractivity contribution in [1.29, 1.82) is 0 Å². The molecule has 2 nitrogen and oxygen atoms in total. The van der Waals surface area contributed by atoms with Gasteiger partial charge in [-0.25, -0.2) is 9.97 Å². The van der Waals surface area contributed by atoms with Crippen LogP contribution in [0.1, 0.15) is 49.9 Å². The largest absolute Gasteiger partial charge is 0.228 e. The van der Waals surface area contributed by atoms with E-state index in [1.54, 1.807) is 0 Å². The normalized spacial score (nSPS) is 14.4. The van der Waals surface area contributed by atoms with Crippen LogP contribution < -0.4 is 0 Å². The molecular formula is C54H40N2. The first-order valence-corrected chi connectivity index (χ1v) is 19.7. The molecule has 0 spiro atoms. The third-order valence-electron chi connectivity index (χ3n) is 12.7. The minimum atomic E-state index is -0.115. The summed E-state index contributed by atoms with van der Waals surface area (Å²) in [6, 6.07) is 62.0. The van der Waals surface area contributed by atoms with Crippen LogP contribution in [0.3, 0.4) is 0 Å². The molecule has 0 atom stereocenters. The highest BCUT2D eigenvalue weighted by atomic mass is 14.9. The number of aromatic nitrogens is 2. The molecule has 1 heterocycles. The van der Waals surface area contributed by atoms with Gasteiger partial charge in [-0.15, -0.1) is 0 Å². The highest BCUT2D eigenvalue weighted by Crippen LogP contribution is 2.54. The van der Waals surface area contributed by atoms with E-state index in [9.17, 15) is 0 Å². The van der Waals surface area contributed by atoms with Gasteiger partial charge >= 0.3 is 0 Å². The lowest BCUT2D eigenvalue weighted by molar-refractivity contribution is 0.660. The van der Waals surface area contributed by atoms with Gasteiger partial charge in [-0.2, -0.15) is 0 Å². The van der Waals surface area contributed by atoms with E-state index in [4.69, 9.17) is 9.97 Å². The number of hydrogen-bond acceptors (Lipinski definition) is 2. The Morgan fingerprint density at radius 2 is 0.929 bits per heavy atom. The molecule has 8 aromatic carbocycles. The molecule has 2 aliphatic carbocycles. The van der Waals surface area contributed by atoms with Crippen molar-refractivity contribution in [3.05, 3.63) is 192 Å². The van der Waals surface area contributed by atoms with Crippen molar-refractivity contribution in [1.82, 2.24) is 9.97 Å². The summed E-state index contributed by atoms with van der Waals surface area (Å²) in [5.41, 5.74) is 18.0. The Balaban J connectivity index is 1.09. The molecule has 0 N–H and O–H groups in total. The molecule has 1 aromatic heterocycles. The quantitative estimate of drug-likeness (QED) is 0.181. The van der Waals surface area contributed by atoms with Crippen molar-refractivity contribution >= 4 is 21.5 Å². The maximum absolute atomic E-state index is 5.45. The second-order valence-corrected chi connectivity index (χ2v) is 16.5. The molecular weight excluding hydrogens is 677 g/mol. The van der Waals surface area contributed by atoms with Gasteiger partial charge < -0.3 is 0 Å². The minimum Gasteiger partial charge on any atom is -0.228 e. The van der Waals surface area contributed by atoms with Gasteiger partial charge in [0.2, 0.25) is 0 Å². The zero-order chi connectivity index (χ0) is 37.8. The number of hydrogen-bond donors (Lipinski definition) is 0. The van der Waals surface area contributed by atoms with Crippen molar-refractivity contribution in [3.63, 3.8) is 0 Å². The summed E-state index contributed by atoms with van der Waals surface area (Å²) in [6.07, 6.45) is 0. The van der Waals surface area contributed by atoms with E-state index in [1.165, 1.54) is 71.8 Å². The van der Waals surface area contributed by atoms with Gasteiger partial charge in [0.05, 0.1) is 11.4 Å². The molecule has 0 bridgehead atoms. The average Bonchev–Trinajstić information content (AvgIpc) is 3.63. The Hall–Kier alpha value is -6.64. The Morgan fingerprint density at radius 3 is 1.77 bits per heavy atom. The maximum Gasteiger partial charge on any atom is 0.161 e. The average molecular weight is 717 g/mol. The van der Waals surface area contributed by atoms with Gasteiger partial charge in [-0.1, -0.05) is 179 Å². The van der Waals surface area contributed by atoms with Crippen LogP contribution in [-0.2, 0) is 10.8 Å². The summed E-state index contributed by atoms with van der Waals surface area (Å²) >= 11 is 0. The predicted molar refractivity (Wildman–Crippen MR) is 234 cm³/mol. The van der Waals surface area contributed by atoms with Crippen LogP contribution in [0, 0.1) is 0 Å². The molecule has 2 aliphatic rings. The monoisotopic (exact) mass is 716 g/mol. The van der Waals surface area contributed by atoms with Gasteiger partial charge in [0.15, 0.2) is 5.82 Å². The Morgan fingerprint density at radius 1 is 0.339 bits per heavy atom. The fraction of sp³-hybridized carbons (Fsp3) is 0.111. The summed E-state index contributed by atoms with van der Waals surface area (Å²) in [7, 11) is 0. The zero-order valence-corrected chi connectivity index (χ0v) is 32.1. The van der Waals surface area contributed by atoms with Crippen LogP contribution in [0.4, 0.5) is 0 Å². The fourth-order valence-electron chi connectivity index (χ4n) is 9.85. The van der Waals surface area contributed by atoms with Crippen LogP contribution in [0.15, 0.2) is 170 Å². The van der Waals surface area contributed by atoms with Crippen molar-refractivity contribution in [2.75, 3.05) is 0 Å². The summed E-state index contributed by atoms with van der Waals surface area (Å²) in [6.45, 7) is 9.40. The van der Waals surface area contributed by atoms with Crippen molar-refractivity contribution in [2.24, 2.45) is 0 Å². The first-order valence-electron chi connectivity index (χ1n) is 19.7. The third-order valence-corrected chi connectivity index (χ3v) is 12.7. The molecule has 0 saturated heterocycles. The lowest BCUT2D eigenvalue weighted by Gasteiger charge is -2.22. The zero-order valence-electron chi connectivity index (χ0n) is 32.1. The summed E-state index contributed by atoms with van der Waals surface area (Å²) in [4.78, 5) is 10.8. The predicted octanol–water partition coefficient (Wildman–Crippen LogP) is 14.1. The number of benzene rings is 8. The van der Waals surface area contributed by atoms with Gasteiger partial charge in [0, 0.05) is 27.5 Å². The van der Waals surface area contributed by atoms with Crippen molar-refractivity contribution in [2.45, 2.75) is 38.5 Å². The van der Waals surface area contributed by atoms with Crippen LogP contribution in [0.25, 0.3) is 88.8 Å². The van der Waals surface area contributed by atoms with E-state index in [2.05, 4.69) is 198 Å². The first kappa shape index (κ1) is 32.8. The van der Waals surface area contributed by atoms with E-state index in [-0.39, 0.29) is 10.8 Å². The van der Waals surface area contributed by atoms with Gasteiger partial charge in [-0.3, -0.25) is 0 Å². The minimum absolute atomic E-state index is 0.102. The Bertz CT molecular complexity index is 3080. The topological polar surface area (TPSA) is 25.8 Å². The van der Waals surface area contributed by atoms with Crippen molar-refractivity contribution in [3.8, 4) is 67.3 Å². The molecule has 0 aliphatic heterocycles. The van der Waals surface area contributed by atoms with E-state index in [0.717, 1.165) is 39.3 Å². The lowest BCUT2D eigenvalue weighted by Crippen LogP contribution is -2.15. The molecule has 0 radical (unpaired) electrons. The Kier molecular flexibility index (Phi) is 6.98.